The van der Waals surface area contributed by atoms with Gasteiger partial charge in [0.05, 0.1) is 0 Å². The maximum Gasteiger partial charge on any atom is 0.214 e. The fourth-order valence-corrected chi connectivity index (χ4v) is 3.21. The van der Waals surface area contributed by atoms with E-state index in [1.54, 1.807) is 0 Å². The molecule has 0 bridgehead atoms. The smallest absolute Gasteiger partial charge is 0.167 e. The Balaban J connectivity index is 1.98. The minimum absolute atomic E-state index is 0.370. The van der Waals surface area contributed by atoms with Gasteiger partial charge in [-0.25, -0.2) is 0 Å². The van der Waals surface area contributed by atoms with Crippen LogP contribution >= 0.6 is 0 Å². The summed E-state index contributed by atoms with van der Waals surface area (Å²) in [6.07, 6.45) is 8.06. The van der Waals surface area contributed by atoms with E-state index in [2.05, 4.69) is 97.4 Å². The van der Waals surface area contributed by atoms with Crippen LogP contribution in [0.5, 0.6) is 0 Å². The second-order valence-electron chi connectivity index (χ2n) is 6.41. The van der Waals surface area contributed by atoms with Gasteiger partial charge in [-0.05, 0) is 24.4 Å². The molecule has 0 unspecified atom stereocenters. The van der Waals surface area contributed by atoms with E-state index in [1.807, 2.05) is 0 Å². The molecule has 0 amide bonds. The van der Waals surface area contributed by atoms with Crippen molar-refractivity contribution in [2.24, 2.45) is 0 Å². The van der Waals surface area contributed by atoms with Crippen LogP contribution in [0.1, 0.15) is 25.3 Å². The van der Waals surface area contributed by atoms with Crippen molar-refractivity contribution in [3.63, 3.8) is 0 Å². The molecule has 0 atom stereocenters. The minimum Gasteiger partial charge on any atom is -0.167 e. The van der Waals surface area contributed by atoms with Gasteiger partial charge in [0.25, 0.3) is 0 Å². The standard InChI is InChI=1S/C22H25BN/c1-3-4-11-19-12-10-17-24(18-19)22-16-9-8-15-21(22)23(2)20-13-6-5-7-14-20/h5-10,12-18H,3-4,11H2,1-2H3/q+1. The molecule has 24 heavy (non-hydrogen) atoms. The Morgan fingerprint density at radius 3 is 2.42 bits per heavy atom. The van der Waals surface area contributed by atoms with Gasteiger partial charge in [0.15, 0.2) is 12.4 Å². The Morgan fingerprint density at radius 2 is 1.62 bits per heavy atom. The first-order chi connectivity index (χ1) is 11.8. The van der Waals surface area contributed by atoms with Gasteiger partial charge in [-0.3, -0.25) is 0 Å². The van der Waals surface area contributed by atoms with E-state index < -0.39 is 0 Å². The molecule has 0 spiro atoms. The predicted molar refractivity (Wildman–Crippen MR) is 104 cm³/mol. The van der Waals surface area contributed by atoms with E-state index in [4.69, 9.17) is 0 Å². The number of aromatic nitrogens is 1. The largest absolute Gasteiger partial charge is 0.214 e. The van der Waals surface area contributed by atoms with Gasteiger partial charge in [0.2, 0.25) is 12.4 Å². The number of benzene rings is 2. The van der Waals surface area contributed by atoms with Crippen LogP contribution in [0.4, 0.5) is 0 Å². The highest BCUT2D eigenvalue weighted by Gasteiger charge is 2.21. The summed E-state index contributed by atoms with van der Waals surface area (Å²) in [4.78, 5) is 0. The highest BCUT2D eigenvalue weighted by atomic mass is 14.9. The topological polar surface area (TPSA) is 3.88 Å². The summed E-state index contributed by atoms with van der Waals surface area (Å²) < 4.78 is 2.28. The predicted octanol–water partition coefficient (Wildman–Crippen LogP) is 3.54. The first-order valence-corrected chi connectivity index (χ1v) is 8.94. The molecule has 1 aromatic heterocycles. The molecular formula is C22H25BN+. The lowest BCUT2D eigenvalue weighted by Crippen LogP contribution is -2.47. The Kier molecular flexibility index (Phi) is 5.48. The van der Waals surface area contributed by atoms with Crippen molar-refractivity contribution >= 4 is 17.6 Å². The summed E-state index contributed by atoms with van der Waals surface area (Å²) in [5, 5.41) is 0. The van der Waals surface area contributed by atoms with E-state index in [0.717, 1.165) is 6.42 Å². The molecule has 2 heteroatoms. The van der Waals surface area contributed by atoms with Gasteiger partial charge in [-0.15, -0.1) is 0 Å². The molecule has 0 saturated carbocycles. The summed E-state index contributed by atoms with van der Waals surface area (Å²) in [7, 11) is 0. The molecule has 0 radical (unpaired) electrons. The Bertz CT molecular complexity index is 783. The van der Waals surface area contributed by atoms with Crippen LogP contribution in [0.15, 0.2) is 79.1 Å². The number of hydrogen-bond acceptors (Lipinski definition) is 0. The van der Waals surface area contributed by atoms with Crippen LogP contribution < -0.4 is 15.5 Å². The number of nitrogens with zero attached hydrogens (tertiary/aromatic N) is 1. The van der Waals surface area contributed by atoms with Crippen molar-refractivity contribution in [3.05, 3.63) is 84.7 Å². The third-order valence-corrected chi connectivity index (χ3v) is 4.66. The number of rotatable bonds is 6. The SMILES string of the molecule is CCCCc1ccc[n+](-c2ccccc2B(C)c2ccccc2)c1. The van der Waals surface area contributed by atoms with Crippen LogP contribution in [0.25, 0.3) is 5.69 Å². The zero-order valence-corrected chi connectivity index (χ0v) is 14.7. The lowest BCUT2D eigenvalue weighted by atomic mass is 9.42. The molecular weight excluding hydrogens is 289 g/mol. The number of pyridine rings is 1. The molecule has 0 aliphatic rings. The van der Waals surface area contributed by atoms with Crippen LogP contribution in [0.2, 0.25) is 6.82 Å². The van der Waals surface area contributed by atoms with Crippen molar-refractivity contribution in [1.29, 1.82) is 0 Å². The lowest BCUT2D eigenvalue weighted by molar-refractivity contribution is -0.595. The average molecular weight is 314 g/mol. The summed E-state index contributed by atoms with van der Waals surface area (Å²) in [5.41, 5.74) is 5.39. The van der Waals surface area contributed by atoms with Crippen LogP contribution in [0, 0.1) is 0 Å². The highest BCUT2D eigenvalue weighted by molar-refractivity contribution is 6.84. The molecule has 0 N–H and O–H groups in total. The van der Waals surface area contributed by atoms with Crippen molar-refractivity contribution in [2.45, 2.75) is 33.0 Å². The van der Waals surface area contributed by atoms with E-state index in [-0.39, 0.29) is 0 Å². The van der Waals surface area contributed by atoms with Crippen LogP contribution in [-0.2, 0) is 6.42 Å². The van der Waals surface area contributed by atoms with E-state index in [0.29, 0.717) is 6.71 Å². The normalized spacial score (nSPS) is 10.6. The lowest BCUT2D eigenvalue weighted by Gasteiger charge is -2.11. The first-order valence-electron chi connectivity index (χ1n) is 8.94. The summed E-state index contributed by atoms with van der Waals surface area (Å²) >= 11 is 0. The maximum atomic E-state index is 2.29. The summed E-state index contributed by atoms with van der Waals surface area (Å²) in [6.45, 7) is 4.90. The molecule has 0 saturated heterocycles. The molecule has 0 aliphatic carbocycles. The van der Waals surface area contributed by atoms with Crippen molar-refractivity contribution in [1.82, 2.24) is 0 Å². The molecule has 1 heterocycles. The Morgan fingerprint density at radius 1 is 0.875 bits per heavy atom. The third kappa shape index (κ3) is 3.76. The highest BCUT2D eigenvalue weighted by Crippen LogP contribution is 2.05. The second-order valence-corrected chi connectivity index (χ2v) is 6.41. The molecule has 2 aromatic carbocycles. The maximum absolute atomic E-state index is 2.29. The van der Waals surface area contributed by atoms with E-state index in [9.17, 15) is 0 Å². The summed E-state index contributed by atoms with van der Waals surface area (Å²) in [6, 6.07) is 23.9. The van der Waals surface area contributed by atoms with Gasteiger partial charge in [0, 0.05) is 17.7 Å². The van der Waals surface area contributed by atoms with Crippen molar-refractivity contribution in [3.8, 4) is 5.69 Å². The molecule has 3 rings (SSSR count). The monoisotopic (exact) mass is 314 g/mol. The number of unbranched alkanes of at least 4 members (excludes halogenated alkanes) is 1. The third-order valence-electron chi connectivity index (χ3n) is 4.66. The molecule has 0 aliphatic heterocycles. The fraction of sp³-hybridized carbons (Fsp3) is 0.227. The van der Waals surface area contributed by atoms with Crippen molar-refractivity contribution < 1.29 is 4.57 Å². The second kappa shape index (κ2) is 7.96. The van der Waals surface area contributed by atoms with E-state index in [1.165, 1.54) is 35.0 Å². The number of aryl methyl sites for hydroxylation is 1. The zero-order valence-electron chi connectivity index (χ0n) is 14.7. The van der Waals surface area contributed by atoms with Gasteiger partial charge in [-0.2, -0.15) is 4.57 Å². The Hall–Kier alpha value is -2.35. The molecule has 0 fully saturated rings. The average Bonchev–Trinajstić information content (AvgIpc) is 2.67. The first kappa shape index (κ1) is 16.5. The number of hydrogen-bond donors (Lipinski definition) is 0. The van der Waals surface area contributed by atoms with Gasteiger partial charge in [-0.1, -0.05) is 74.2 Å². The fourth-order valence-electron chi connectivity index (χ4n) is 3.21. The van der Waals surface area contributed by atoms with Gasteiger partial charge >= 0.3 is 0 Å². The molecule has 1 nitrogen and oxygen atoms in total. The van der Waals surface area contributed by atoms with Gasteiger partial charge < -0.3 is 0 Å². The number of para-hydroxylation sites is 1. The molecule has 3 aromatic rings. The van der Waals surface area contributed by atoms with Crippen LogP contribution in [-0.4, -0.2) is 6.71 Å². The van der Waals surface area contributed by atoms with Gasteiger partial charge in [0.1, 0.15) is 0 Å². The van der Waals surface area contributed by atoms with Crippen molar-refractivity contribution in [2.75, 3.05) is 0 Å². The minimum atomic E-state index is 0.370. The summed E-state index contributed by atoms with van der Waals surface area (Å²) in [5.74, 6) is 0. The quantitative estimate of drug-likeness (QED) is 0.484. The molecule has 120 valence electrons. The zero-order chi connectivity index (χ0) is 16.8. The Labute approximate surface area is 146 Å². The van der Waals surface area contributed by atoms with Crippen LogP contribution in [0.3, 0.4) is 0 Å². The van der Waals surface area contributed by atoms with E-state index >= 15 is 0 Å².